The predicted molar refractivity (Wildman–Crippen MR) is 220 cm³/mol. The standard InChI is InChI=1S/C40H30N6O2S5/c1-43-27(19-41)45-29-16-23(47-3)33(51-29)22-15-21-31(40(22)13-9-6-10-14-40)36-32(39(21)11-7-5-8-12-39)37-38(53-36)35-26(50-37)18-25(49-35)34-24(48-4)17-30(52-34)46-28(20-42)44-2/h15-18H,5-14H2,3-4H3/b45-27+,46-28-. The second-order valence-corrected chi connectivity index (χ2v) is 19.0. The summed E-state index contributed by atoms with van der Waals surface area (Å²) in [6, 6.07) is 9.77. The van der Waals surface area contributed by atoms with E-state index in [0.717, 1.165) is 46.1 Å². The van der Waals surface area contributed by atoms with E-state index in [2.05, 4.69) is 31.8 Å². The maximum Gasteiger partial charge on any atom is 0.350 e. The van der Waals surface area contributed by atoms with Gasteiger partial charge in [0.1, 0.15) is 23.6 Å². The van der Waals surface area contributed by atoms with Crippen molar-refractivity contribution in [2.75, 3.05) is 14.2 Å². The van der Waals surface area contributed by atoms with Gasteiger partial charge >= 0.3 is 11.7 Å². The van der Waals surface area contributed by atoms with Crippen LogP contribution in [0.15, 0.2) is 39.8 Å². The highest BCUT2D eigenvalue weighted by molar-refractivity contribution is 7.40. The summed E-state index contributed by atoms with van der Waals surface area (Å²) in [5.74, 6) is 1.11. The number of hydrogen-bond acceptors (Lipinski definition) is 11. The molecule has 0 saturated heterocycles. The van der Waals surface area contributed by atoms with Gasteiger partial charge in [0.2, 0.25) is 10.0 Å². The Morgan fingerprint density at radius 2 is 1.28 bits per heavy atom. The smallest absolute Gasteiger partial charge is 0.350 e. The summed E-state index contributed by atoms with van der Waals surface area (Å²) in [6.45, 7) is 14.6. The molecule has 2 saturated carbocycles. The summed E-state index contributed by atoms with van der Waals surface area (Å²) < 4.78 is 17.2. The van der Waals surface area contributed by atoms with Gasteiger partial charge in [0, 0.05) is 32.5 Å². The van der Waals surface area contributed by atoms with Crippen LogP contribution in [0, 0.1) is 41.2 Å². The maximum atomic E-state index is 9.45. The first-order valence-electron chi connectivity index (χ1n) is 17.5. The van der Waals surface area contributed by atoms with Gasteiger partial charge in [-0.1, -0.05) is 90.4 Å². The molecule has 5 heterocycles. The fourth-order valence-corrected chi connectivity index (χ4v) is 16.0. The Labute approximate surface area is 326 Å². The molecule has 0 atom stereocenters. The Bertz CT molecular complexity index is 2640. The number of nitrogens with zero attached hydrogens (tertiary/aromatic N) is 6. The molecule has 0 bridgehead atoms. The van der Waals surface area contributed by atoms with E-state index >= 15 is 0 Å². The van der Waals surface area contributed by atoms with E-state index in [9.17, 15) is 10.5 Å². The number of nitriles is 2. The lowest BCUT2D eigenvalue weighted by Gasteiger charge is -2.38. The van der Waals surface area contributed by atoms with Crippen LogP contribution in [0.3, 0.4) is 0 Å². The van der Waals surface area contributed by atoms with Crippen LogP contribution in [0.1, 0.15) is 79.5 Å². The van der Waals surface area contributed by atoms with Crippen LogP contribution in [0.5, 0.6) is 11.5 Å². The van der Waals surface area contributed by atoms with Crippen molar-refractivity contribution in [1.29, 1.82) is 10.5 Å². The van der Waals surface area contributed by atoms with E-state index in [1.54, 1.807) is 48.0 Å². The summed E-state index contributed by atoms with van der Waals surface area (Å²) in [6.07, 6.45) is 14.3. The van der Waals surface area contributed by atoms with Crippen LogP contribution in [0.2, 0.25) is 0 Å². The van der Waals surface area contributed by atoms with Crippen molar-refractivity contribution in [2.45, 2.75) is 69.6 Å². The summed E-state index contributed by atoms with van der Waals surface area (Å²) in [7, 11) is 3.35. The first-order chi connectivity index (χ1) is 25.9. The highest BCUT2D eigenvalue weighted by Crippen LogP contribution is 2.72. The molecule has 5 aromatic heterocycles. The molecule has 0 aromatic carbocycles. The number of fused-ring (bicyclic) bond motifs is 9. The fourth-order valence-electron chi connectivity index (χ4n) is 9.19. The van der Waals surface area contributed by atoms with Gasteiger partial charge in [0.05, 0.1) is 43.0 Å². The minimum atomic E-state index is -0.187. The highest BCUT2D eigenvalue weighted by Gasteiger charge is 2.57. The summed E-state index contributed by atoms with van der Waals surface area (Å²) in [5, 5.41) is 19.9. The molecular weight excluding hydrogens is 757 g/mol. The average molecular weight is 787 g/mol. The Morgan fingerprint density at radius 1 is 0.698 bits per heavy atom. The van der Waals surface area contributed by atoms with E-state index in [0.29, 0.717) is 15.8 Å². The lowest BCUT2D eigenvalue weighted by atomic mass is 9.66. The fraction of sp³-hybridized carbons (Fsp3) is 0.350. The second-order valence-electron chi connectivity index (χ2n) is 13.8. The third-order valence-corrected chi connectivity index (χ3v) is 17.4. The van der Waals surface area contributed by atoms with E-state index in [1.807, 2.05) is 46.9 Å². The molecule has 4 aliphatic carbocycles. The molecule has 0 amide bonds. The monoisotopic (exact) mass is 786 g/mol. The molecule has 0 N–H and O–H groups in total. The topological polar surface area (TPSA) is 99.5 Å². The normalized spacial score (nSPS) is 18.9. The number of ether oxygens (including phenoxy) is 2. The van der Waals surface area contributed by atoms with Crippen molar-refractivity contribution in [1.82, 2.24) is 0 Å². The van der Waals surface area contributed by atoms with Gasteiger partial charge in [-0.15, -0.1) is 34.0 Å². The van der Waals surface area contributed by atoms with Crippen LogP contribution in [-0.4, -0.2) is 25.9 Å². The molecule has 9 rings (SSSR count). The minimum Gasteiger partial charge on any atom is -0.495 e. The Kier molecular flexibility index (Phi) is 8.42. The number of allylic oxidation sites excluding steroid dienone is 4. The van der Waals surface area contributed by atoms with Crippen LogP contribution in [0.4, 0.5) is 10.0 Å². The van der Waals surface area contributed by atoms with E-state index < -0.39 is 0 Å². The molecule has 13 heteroatoms. The summed E-state index contributed by atoms with van der Waals surface area (Å²) in [5.41, 5.74) is 5.85. The van der Waals surface area contributed by atoms with Crippen molar-refractivity contribution in [2.24, 2.45) is 15.4 Å². The average Bonchev–Trinajstić information content (AvgIpc) is 4.05. The van der Waals surface area contributed by atoms with Gasteiger partial charge in [-0.3, -0.25) is 0 Å². The van der Waals surface area contributed by atoms with Crippen LogP contribution >= 0.6 is 56.7 Å². The van der Waals surface area contributed by atoms with Gasteiger partial charge in [-0.2, -0.15) is 0 Å². The summed E-state index contributed by atoms with van der Waals surface area (Å²) >= 11 is 8.70. The molecule has 2 spiro atoms. The molecule has 0 unspecified atom stereocenters. The molecule has 0 radical (unpaired) electrons. The van der Waals surface area contributed by atoms with Crippen molar-refractivity contribution < 1.29 is 9.47 Å². The van der Waals surface area contributed by atoms with E-state index in [4.69, 9.17) is 22.6 Å². The molecular formula is C40H30N6O2S5. The van der Waals surface area contributed by atoms with Crippen molar-refractivity contribution in [3.05, 3.63) is 68.0 Å². The lowest BCUT2D eigenvalue weighted by Crippen LogP contribution is -2.28. The van der Waals surface area contributed by atoms with Crippen molar-refractivity contribution in [3.8, 4) is 33.4 Å². The molecule has 0 aliphatic heterocycles. The maximum absolute atomic E-state index is 9.45. The largest absolute Gasteiger partial charge is 0.495 e. The highest BCUT2D eigenvalue weighted by atomic mass is 32.1. The number of thiophene rings is 5. The number of rotatable bonds is 6. The molecule has 5 aromatic rings. The van der Waals surface area contributed by atoms with Crippen LogP contribution < -0.4 is 9.47 Å². The number of aliphatic imine (C=N–C) groups is 2. The molecule has 262 valence electrons. The Morgan fingerprint density at radius 3 is 1.87 bits per heavy atom. The number of amidine groups is 2. The predicted octanol–water partition coefficient (Wildman–Crippen LogP) is 12.9. The lowest BCUT2D eigenvalue weighted by molar-refractivity contribution is 0.347. The van der Waals surface area contributed by atoms with E-state index in [1.165, 1.54) is 84.7 Å². The first-order valence-corrected chi connectivity index (χ1v) is 21.6. The van der Waals surface area contributed by atoms with Gasteiger partial charge in [-0.05, 0) is 54.0 Å². The number of methoxy groups -OCH3 is 2. The third-order valence-electron chi connectivity index (χ3n) is 11.3. The van der Waals surface area contributed by atoms with Gasteiger partial charge in [0.25, 0.3) is 0 Å². The molecule has 8 nitrogen and oxygen atoms in total. The third kappa shape index (κ3) is 5.03. The van der Waals surface area contributed by atoms with Gasteiger partial charge in [0.15, 0.2) is 0 Å². The number of hydrogen-bond donors (Lipinski definition) is 0. The van der Waals surface area contributed by atoms with Crippen molar-refractivity contribution >= 4 is 108 Å². The summed E-state index contributed by atoms with van der Waals surface area (Å²) in [4.78, 5) is 19.8. The first kappa shape index (κ1) is 34.2. The zero-order valence-electron chi connectivity index (χ0n) is 28.9. The molecule has 4 aliphatic rings. The SMILES string of the molecule is [C-]#[N+]/C(C#N)=N\c1cc(OC)c(-c2cc3sc4c5c(sc4c3s2)C2=C(C=C(c3sc(/N=C(\C#N)[N+]#[C-])cc3OC)C23CCCCC3)C52CCCCC2)s1. The molecule has 2 fully saturated rings. The second kappa shape index (κ2) is 13.1. The zero-order valence-corrected chi connectivity index (χ0v) is 33.0. The van der Waals surface area contributed by atoms with Crippen molar-refractivity contribution in [3.63, 3.8) is 0 Å². The van der Waals surface area contributed by atoms with Crippen LogP contribution in [-0.2, 0) is 5.41 Å². The van der Waals surface area contributed by atoms with Gasteiger partial charge < -0.3 is 19.2 Å². The Hall–Kier alpha value is -4.60. The van der Waals surface area contributed by atoms with Gasteiger partial charge in [-0.25, -0.2) is 10.5 Å². The molecule has 53 heavy (non-hydrogen) atoms. The quantitative estimate of drug-likeness (QED) is 0.0972. The van der Waals surface area contributed by atoms with Crippen LogP contribution in [0.25, 0.3) is 49.4 Å². The van der Waals surface area contributed by atoms with E-state index in [-0.39, 0.29) is 22.5 Å². The minimum absolute atomic E-state index is 0.0159. The zero-order chi connectivity index (χ0) is 36.5. The Balaban J connectivity index is 1.21.